The van der Waals surface area contributed by atoms with Gasteiger partial charge in [-0.2, -0.15) is 0 Å². The van der Waals surface area contributed by atoms with Gasteiger partial charge in [-0.3, -0.25) is 9.10 Å². The molecule has 9 heteroatoms. The van der Waals surface area contributed by atoms with E-state index >= 15 is 0 Å². The van der Waals surface area contributed by atoms with Gasteiger partial charge in [0.2, 0.25) is 5.91 Å². The third kappa shape index (κ3) is 5.57. The van der Waals surface area contributed by atoms with Gasteiger partial charge in [0, 0.05) is 30.5 Å². The predicted molar refractivity (Wildman–Crippen MR) is 142 cm³/mol. The number of carbonyl (C=O) groups excluding carboxylic acids is 1. The third-order valence-corrected chi connectivity index (χ3v) is 7.95. The van der Waals surface area contributed by atoms with Crippen LogP contribution in [0.2, 0.25) is 0 Å². The predicted octanol–water partition coefficient (Wildman–Crippen LogP) is 4.45. The minimum atomic E-state index is -4.10. The van der Waals surface area contributed by atoms with E-state index in [1.54, 1.807) is 30.3 Å². The fourth-order valence-corrected chi connectivity index (χ4v) is 5.61. The molecule has 0 aliphatic carbocycles. The summed E-state index contributed by atoms with van der Waals surface area (Å²) in [7, 11) is -1.17. The first kappa shape index (κ1) is 25.4. The molecule has 0 atom stereocenters. The minimum absolute atomic E-state index is 0.0701. The molecule has 8 nitrogen and oxygen atoms in total. The summed E-state index contributed by atoms with van der Waals surface area (Å²) in [6.45, 7) is 3.48. The summed E-state index contributed by atoms with van der Waals surface area (Å²) in [5.41, 5.74) is 2.83. The molecule has 1 N–H and O–H groups in total. The SMILES string of the molecule is COc1ccc(OC)c(N(CC(=O)Nc2ccc(N3CCCC3)cc2)S(=O)(=O)c2ccc(C)cc2)c1. The Morgan fingerprint density at radius 3 is 2.22 bits per heavy atom. The molecule has 0 bridgehead atoms. The van der Waals surface area contributed by atoms with Crippen LogP contribution in [-0.4, -0.2) is 48.2 Å². The minimum Gasteiger partial charge on any atom is -0.497 e. The second-order valence-electron chi connectivity index (χ2n) is 8.65. The number of rotatable bonds is 9. The van der Waals surface area contributed by atoms with Crippen LogP contribution in [-0.2, 0) is 14.8 Å². The van der Waals surface area contributed by atoms with Gasteiger partial charge < -0.3 is 19.7 Å². The smallest absolute Gasteiger partial charge is 0.264 e. The van der Waals surface area contributed by atoms with Crippen LogP contribution in [0.5, 0.6) is 11.5 Å². The van der Waals surface area contributed by atoms with Crippen molar-refractivity contribution in [3.8, 4) is 11.5 Å². The van der Waals surface area contributed by atoms with Crippen molar-refractivity contribution in [2.45, 2.75) is 24.7 Å². The van der Waals surface area contributed by atoms with Gasteiger partial charge in [0.1, 0.15) is 18.0 Å². The molecule has 1 aliphatic heterocycles. The van der Waals surface area contributed by atoms with Crippen LogP contribution in [0.1, 0.15) is 18.4 Å². The van der Waals surface area contributed by atoms with Gasteiger partial charge >= 0.3 is 0 Å². The zero-order valence-electron chi connectivity index (χ0n) is 20.7. The van der Waals surface area contributed by atoms with E-state index in [4.69, 9.17) is 9.47 Å². The maximum atomic E-state index is 13.7. The van der Waals surface area contributed by atoms with E-state index in [9.17, 15) is 13.2 Å². The maximum Gasteiger partial charge on any atom is 0.264 e. The lowest BCUT2D eigenvalue weighted by Gasteiger charge is -2.26. The van der Waals surface area contributed by atoms with Crippen LogP contribution >= 0.6 is 0 Å². The second kappa shape index (κ2) is 10.9. The fraction of sp³-hybridized carbons (Fsp3) is 0.296. The highest BCUT2D eigenvalue weighted by atomic mass is 32.2. The molecule has 1 amide bonds. The number of benzene rings is 3. The largest absolute Gasteiger partial charge is 0.497 e. The van der Waals surface area contributed by atoms with Gasteiger partial charge in [-0.15, -0.1) is 0 Å². The molecular formula is C27H31N3O5S. The summed E-state index contributed by atoms with van der Waals surface area (Å²) in [5.74, 6) is 0.256. The Kier molecular flexibility index (Phi) is 7.69. The Labute approximate surface area is 212 Å². The molecule has 190 valence electrons. The van der Waals surface area contributed by atoms with Crippen molar-refractivity contribution in [1.29, 1.82) is 0 Å². The van der Waals surface area contributed by atoms with E-state index in [-0.39, 0.29) is 10.6 Å². The first-order chi connectivity index (χ1) is 17.3. The number of nitrogens with one attached hydrogen (secondary N) is 1. The Hall–Kier alpha value is -3.72. The topological polar surface area (TPSA) is 88.2 Å². The highest BCUT2D eigenvalue weighted by Crippen LogP contribution is 2.35. The summed E-state index contributed by atoms with van der Waals surface area (Å²) in [4.78, 5) is 15.5. The number of carbonyl (C=O) groups is 1. The molecule has 1 fully saturated rings. The van der Waals surface area contributed by atoms with Gasteiger partial charge in [0.05, 0.1) is 24.8 Å². The van der Waals surface area contributed by atoms with Gasteiger partial charge in [-0.05, 0) is 68.3 Å². The number of hydrogen-bond acceptors (Lipinski definition) is 6. The van der Waals surface area contributed by atoms with E-state index in [0.29, 0.717) is 17.2 Å². The Morgan fingerprint density at radius 2 is 1.61 bits per heavy atom. The molecular weight excluding hydrogens is 478 g/mol. The average Bonchev–Trinajstić information content (AvgIpc) is 3.42. The number of sulfonamides is 1. The Bertz CT molecular complexity index is 1300. The average molecular weight is 510 g/mol. The summed E-state index contributed by atoms with van der Waals surface area (Å²) in [5, 5.41) is 2.82. The van der Waals surface area contributed by atoms with Crippen LogP contribution in [0.3, 0.4) is 0 Å². The second-order valence-corrected chi connectivity index (χ2v) is 10.5. The summed E-state index contributed by atoms with van der Waals surface area (Å²) < 4.78 is 39.3. The standard InChI is InChI=1S/C27H31N3O5S/c1-20-6-13-24(14-7-20)36(32,33)30(25-18-23(34-2)12-15-26(25)35-3)19-27(31)28-21-8-10-22(11-9-21)29-16-4-5-17-29/h6-15,18H,4-5,16-17,19H2,1-3H3,(H,28,31). The van der Waals surface area contributed by atoms with Gasteiger partial charge in [0.25, 0.3) is 10.0 Å². The summed E-state index contributed by atoms with van der Waals surface area (Å²) in [6.07, 6.45) is 2.36. The molecule has 0 spiro atoms. The molecule has 1 aliphatic rings. The van der Waals surface area contributed by atoms with E-state index < -0.39 is 22.5 Å². The molecule has 3 aromatic carbocycles. The van der Waals surface area contributed by atoms with Crippen molar-refractivity contribution in [2.24, 2.45) is 0 Å². The Morgan fingerprint density at radius 1 is 0.944 bits per heavy atom. The molecule has 0 radical (unpaired) electrons. The number of amides is 1. The van der Waals surface area contributed by atoms with E-state index in [0.717, 1.165) is 28.6 Å². The number of hydrogen-bond donors (Lipinski definition) is 1. The molecule has 1 saturated heterocycles. The van der Waals surface area contributed by atoms with Gasteiger partial charge in [-0.25, -0.2) is 8.42 Å². The van der Waals surface area contributed by atoms with E-state index in [2.05, 4.69) is 10.2 Å². The Balaban J connectivity index is 1.63. The molecule has 1 heterocycles. The first-order valence-electron chi connectivity index (χ1n) is 11.8. The van der Waals surface area contributed by atoms with Crippen LogP contribution in [0, 0.1) is 6.92 Å². The lowest BCUT2D eigenvalue weighted by Crippen LogP contribution is -2.38. The molecule has 0 aromatic heterocycles. The van der Waals surface area contributed by atoms with Crippen molar-refractivity contribution >= 4 is 33.0 Å². The summed E-state index contributed by atoms with van der Waals surface area (Å²) >= 11 is 0. The van der Waals surface area contributed by atoms with Crippen LogP contribution in [0.4, 0.5) is 17.1 Å². The normalized spacial score (nSPS) is 13.4. The van der Waals surface area contributed by atoms with Crippen molar-refractivity contribution in [2.75, 3.05) is 48.4 Å². The highest BCUT2D eigenvalue weighted by Gasteiger charge is 2.30. The van der Waals surface area contributed by atoms with Gasteiger partial charge in [-0.1, -0.05) is 17.7 Å². The maximum absolute atomic E-state index is 13.7. The van der Waals surface area contributed by atoms with Crippen molar-refractivity contribution in [3.63, 3.8) is 0 Å². The zero-order chi connectivity index (χ0) is 25.7. The van der Waals surface area contributed by atoms with Crippen molar-refractivity contribution < 1.29 is 22.7 Å². The van der Waals surface area contributed by atoms with Gasteiger partial charge in [0.15, 0.2) is 0 Å². The van der Waals surface area contributed by atoms with E-state index in [1.807, 2.05) is 31.2 Å². The number of anilines is 3. The fourth-order valence-electron chi connectivity index (χ4n) is 4.19. The molecule has 0 unspecified atom stereocenters. The molecule has 36 heavy (non-hydrogen) atoms. The number of ether oxygens (including phenoxy) is 2. The molecule has 3 aromatic rings. The lowest BCUT2D eigenvalue weighted by molar-refractivity contribution is -0.114. The van der Waals surface area contributed by atoms with Crippen molar-refractivity contribution in [1.82, 2.24) is 0 Å². The third-order valence-electron chi connectivity index (χ3n) is 6.17. The summed E-state index contributed by atoms with van der Waals surface area (Å²) in [6, 6.07) is 18.9. The zero-order valence-corrected chi connectivity index (χ0v) is 21.5. The highest BCUT2D eigenvalue weighted by molar-refractivity contribution is 7.92. The van der Waals surface area contributed by atoms with Crippen LogP contribution in [0.15, 0.2) is 71.6 Å². The lowest BCUT2D eigenvalue weighted by atomic mass is 10.2. The molecule has 0 saturated carbocycles. The van der Waals surface area contributed by atoms with Crippen molar-refractivity contribution in [3.05, 3.63) is 72.3 Å². The number of methoxy groups -OCH3 is 2. The quantitative estimate of drug-likeness (QED) is 0.459. The van der Waals surface area contributed by atoms with E-state index in [1.165, 1.54) is 39.2 Å². The van der Waals surface area contributed by atoms with Crippen LogP contribution in [0.25, 0.3) is 0 Å². The van der Waals surface area contributed by atoms with Crippen LogP contribution < -0.4 is 24.0 Å². The number of nitrogens with zero attached hydrogens (tertiary/aromatic N) is 2. The number of aryl methyl sites for hydroxylation is 1. The molecule has 4 rings (SSSR count). The monoisotopic (exact) mass is 509 g/mol. The first-order valence-corrected chi connectivity index (χ1v) is 13.2.